The zero-order chi connectivity index (χ0) is 15.4. The number of ether oxygens (including phenoxy) is 2. The lowest BCUT2D eigenvalue weighted by Gasteiger charge is -2.21. The first-order chi connectivity index (χ1) is 10.7. The number of aromatic nitrogens is 2. The first kappa shape index (κ1) is 15.1. The van der Waals surface area contributed by atoms with Crippen molar-refractivity contribution in [1.82, 2.24) is 9.97 Å². The Bertz CT molecular complexity index is 636. The van der Waals surface area contributed by atoms with Crippen molar-refractivity contribution < 1.29 is 14.3 Å². The molecule has 1 unspecified atom stereocenters. The molecule has 0 aromatic carbocycles. The smallest absolute Gasteiger partial charge is 0.350 e. The topological polar surface area (TPSA) is 61.3 Å². The third kappa shape index (κ3) is 3.51. The number of carbonyl (C=O) groups excluding carboxylic acids is 1. The van der Waals surface area contributed by atoms with E-state index in [1.807, 2.05) is 25.1 Å². The Morgan fingerprint density at radius 2 is 2.36 bits per heavy atom. The number of esters is 1. The zero-order valence-corrected chi connectivity index (χ0v) is 13.3. The van der Waals surface area contributed by atoms with E-state index in [1.54, 1.807) is 6.20 Å². The molecule has 0 radical (unpaired) electrons. The van der Waals surface area contributed by atoms with Crippen molar-refractivity contribution in [3.8, 4) is 10.7 Å². The van der Waals surface area contributed by atoms with Crippen LogP contribution >= 0.6 is 11.3 Å². The van der Waals surface area contributed by atoms with Gasteiger partial charge in [-0.1, -0.05) is 6.07 Å². The second kappa shape index (κ2) is 6.98. The van der Waals surface area contributed by atoms with Crippen LogP contribution in [0, 0.1) is 6.92 Å². The molecule has 3 rings (SSSR count). The number of nitrogens with zero attached hydrogens (tertiary/aromatic N) is 2. The van der Waals surface area contributed by atoms with Crippen LogP contribution in [0.1, 0.15) is 34.6 Å². The molecule has 1 aliphatic rings. The minimum absolute atomic E-state index is 0.0289. The van der Waals surface area contributed by atoms with E-state index >= 15 is 0 Å². The van der Waals surface area contributed by atoms with E-state index < -0.39 is 0 Å². The molecule has 1 aliphatic heterocycles. The van der Waals surface area contributed by atoms with E-state index in [2.05, 4.69) is 9.97 Å². The molecule has 0 amide bonds. The Morgan fingerprint density at radius 1 is 1.45 bits per heavy atom. The van der Waals surface area contributed by atoms with Gasteiger partial charge in [-0.05, 0) is 38.3 Å². The molecule has 0 aliphatic carbocycles. The summed E-state index contributed by atoms with van der Waals surface area (Å²) >= 11 is 1.32. The van der Waals surface area contributed by atoms with Crippen LogP contribution in [0.5, 0.6) is 0 Å². The van der Waals surface area contributed by atoms with Gasteiger partial charge in [0, 0.05) is 12.8 Å². The van der Waals surface area contributed by atoms with Crippen molar-refractivity contribution in [1.29, 1.82) is 0 Å². The number of hydrogen-bond acceptors (Lipinski definition) is 6. The van der Waals surface area contributed by atoms with Gasteiger partial charge in [0.1, 0.15) is 16.5 Å². The average molecular weight is 318 g/mol. The first-order valence-corrected chi connectivity index (χ1v) is 8.23. The van der Waals surface area contributed by atoms with Gasteiger partial charge < -0.3 is 9.47 Å². The quantitative estimate of drug-likeness (QED) is 0.810. The average Bonchev–Trinajstić information content (AvgIpc) is 2.96. The minimum atomic E-state index is -0.327. The third-order valence-corrected chi connectivity index (χ3v) is 4.70. The van der Waals surface area contributed by atoms with E-state index in [0.717, 1.165) is 36.6 Å². The van der Waals surface area contributed by atoms with E-state index in [-0.39, 0.29) is 12.1 Å². The number of carbonyl (C=O) groups is 1. The van der Waals surface area contributed by atoms with E-state index in [0.29, 0.717) is 17.2 Å². The highest BCUT2D eigenvalue weighted by atomic mass is 32.1. The number of aryl methyl sites for hydroxylation is 1. The molecular formula is C16H18N2O3S. The summed E-state index contributed by atoms with van der Waals surface area (Å²) in [5.41, 5.74) is 1.45. The Morgan fingerprint density at radius 3 is 3.09 bits per heavy atom. The van der Waals surface area contributed by atoms with Crippen LogP contribution in [-0.4, -0.2) is 35.3 Å². The van der Waals surface area contributed by atoms with E-state index in [1.165, 1.54) is 11.3 Å². The maximum absolute atomic E-state index is 12.2. The highest BCUT2D eigenvalue weighted by Gasteiger charge is 2.21. The summed E-state index contributed by atoms with van der Waals surface area (Å²) in [6.07, 6.45) is 4.91. The van der Waals surface area contributed by atoms with Gasteiger partial charge in [0.2, 0.25) is 0 Å². The molecule has 1 saturated heterocycles. The molecule has 1 atom stereocenters. The molecule has 1 fully saturated rings. The van der Waals surface area contributed by atoms with Crippen molar-refractivity contribution in [2.45, 2.75) is 32.3 Å². The lowest BCUT2D eigenvalue weighted by molar-refractivity contribution is -0.0298. The summed E-state index contributed by atoms with van der Waals surface area (Å²) in [5, 5.41) is 0.735. The highest BCUT2D eigenvalue weighted by Crippen LogP contribution is 2.27. The first-order valence-electron chi connectivity index (χ1n) is 7.41. The van der Waals surface area contributed by atoms with Crippen molar-refractivity contribution in [3.05, 3.63) is 35.0 Å². The standard InChI is InChI=1S/C16H18N2O3S/c1-11-14(16(19)21-10-12-6-3-5-9-20-12)22-15(18-11)13-7-2-4-8-17-13/h2,4,7-8,12H,3,5-6,9-10H2,1H3. The second-order valence-corrected chi connectivity index (χ2v) is 6.23. The van der Waals surface area contributed by atoms with Gasteiger partial charge in [-0.3, -0.25) is 4.98 Å². The fraction of sp³-hybridized carbons (Fsp3) is 0.438. The number of pyridine rings is 1. The van der Waals surface area contributed by atoms with Crippen molar-refractivity contribution in [3.63, 3.8) is 0 Å². The Hall–Kier alpha value is -1.79. The van der Waals surface area contributed by atoms with Crippen LogP contribution in [0.2, 0.25) is 0 Å². The summed E-state index contributed by atoms with van der Waals surface area (Å²) in [7, 11) is 0. The van der Waals surface area contributed by atoms with Crippen LogP contribution in [0.15, 0.2) is 24.4 Å². The van der Waals surface area contributed by atoms with Crippen LogP contribution in [0.25, 0.3) is 10.7 Å². The maximum atomic E-state index is 12.2. The SMILES string of the molecule is Cc1nc(-c2ccccn2)sc1C(=O)OCC1CCCCO1. The molecule has 22 heavy (non-hydrogen) atoms. The molecule has 0 N–H and O–H groups in total. The summed E-state index contributed by atoms with van der Waals surface area (Å²) in [6, 6.07) is 5.63. The van der Waals surface area contributed by atoms with Crippen molar-refractivity contribution in [2.24, 2.45) is 0 Å². The lowest BCUT2D eigenvalue weighted by atomic mass is 10.1. The van der Waals surface area contributed by atoms with E-state index in [9.17, 15) is 4.79 Å². The number of thiazole rings is 1. The fourth-order valence-corrected chi connectivity index (χ4v) is 3.29. The van der Waals surface area contributed by atoms with Gasteiger partial charge in [0.15, 0.2) is 0 Å². The van der Waals surface area contributed by atoms with E-state index in [4.69, 9.17) is 9.47 Å². The van der Waals surface area contributed by atoms with Crippen LogP contribution < -0.4 is 0 Å². The largest absolute Gasteiger partial charge is 0.459 e. The molecule has 0 spiro atoms. The second-order valence-electron chi connectivity index (χ2n) is 5.24. The van der Waals surface area contributed by atoms with Gasteiger partial charge in [-0.2, -0.15) is 0 Å². The zero-order valence-electron chi connectivity index (χ0n) is 12.4. The molecule has 3 heterocycles. The van der Waals surface area contributed by atoms with Gasteiger partial charge in [0.25, 0.3) is 0 Å². The summed E-state index contributed by atoms with van der Waals surface area (Å²) in [4.78, 5) is 21.4. The molecule has 0 bridgehead atoms. The Balaban J connectivity index is 1.66. The van der Waals surface area contributed by atoms with Crippen molar-refractivity contribution >= 4 is 17.3 Å². The molecule has 116 valence electrons. The van der Waals surface area contributed by atoms with Crippen LogP contribution in [0.4, 0.5) is 0 Å². The Kier molecular flexibility index (Phi) is 4.80. The normalized spacial score (nSPS) is 18.1. The maximum Gasteiger partial charge on any atom is 0.350 e. The molecule has 0 saturated carbocycles. The molecular weight excluding hydrogens is 300 g/mol. The van der Waals surface area contributed by atoms with Gasteiger partial charge in [-0.25, -0.2) is 9.78 Å². The lowest BCUT2D eigenvalue weighted by Crippen LogP contribution is -2.25. The fourth-order valence-electron chi connectivity index (χ4n) is 2.36. The van der Waals surface area contributed by atoms with Crippen molar-refractivity contribution in [2.75, 3.05) is 13.2 Å². The summed E-state index contributed by atoms with van der Waals surface area (Å²) < 4.78 is 11.0. The number of hydrogen-bond donors (Lipinski definition) is 0. The molecule has 6 heteroatoms. The number of rotatable bonds is 4. The molecule has 5 nitrogen and oxygen atoms in total. The third-order valence-electron chi connectivity index (χ3n) is 3.54. The predicted octanol–water partition coefficient (Wildman–Crippen LogP) is 3.24. The summed E-state index contributed by atoms with van der Waals surface area (Å²) in [6.45, 7) is 2.89. The Labute approximate surface area is 133 Å². The van der Waals surface area contributed by atoms with Gasteiger partial charge in [-0.15, -0.1) is 11.3 Å². The molecule has 2 aromatic heterocycles. The highest BCUT2D eigenvalue weighted by molar-refractivity contribution is 7.17. The minimum Gasteiger partial charge on any atom is -0.459 e. The summed E-state index contributed by atoms with van der Waals surface area (Å²) in [5.74, 6) is -0.327. The van der Waals surface area contributed by atoms with Gasteiger partial charge >= 0.3 is 5.97 Å². The monoisotopic (exact) mass is 318 g/mol. The predicted molar refractivity (Wildman–Crippen MR) is 84.0 cm³/mol. The van der Waals surface area contributed by atoms with Crippen LogP contribution in [0.3, 0.4) is 0 Å². The van der Waals surface area contributed by atoms with Gasteiger partial charge in [0.05, 0.1) is 17.5 Å². The van der Waals surface area contributed by atoms with Crippen LogP contribution in [-0.2, 0) is 9.47 Å². The molecule has 2 aromatic rings.